The number of carbonyl (C=O) groups is 1. The number of fused-ring (bicyclic) bond motifs is 2. The molecule has 0 amide bonds. The number of aromatic nitrogens is 2. The summed E-state index contributed by atoms with van der Waals surface area (Å²) in [6.07, 6.45) is 3.50. The van der Waals surface area contributed by atoms with Crippen LogP contribution in [0.15, 0.2) is 76.0 Å². The second-order valence-corrected chi connectivity index (χ2v) is 6.27. The summed E-state index contributed by atoms with van der Waals surface area (Å²) < 4.78 is 11.9. The molecule has 0 saturated carbocycles. The molecule has 140 valence electrons. The highest BCUT2D eigenvalue weighted by Gasteiger charge is 2.08. The Balaban J connectivity index is 1.31. The number of para-hydroxylation sites is 3. The first-order valence-corrected chi connectivity index (χ1v) is 9.00. The van der Waals surface area contributed by atoms with E-state index in [2.05, 4.69) is 4.98 Å². The largest absolute Gasteiger partial charge is 0.462 e. The summed E-state index contributed by atoms with van der Waals surface area (Å²) in [5.74, 6) is -0.853. The van der Waals surface area contributed by atoms with Crippen molar-refractivity contribution >= 4 is 34.0 Å². The normalized spacial score (nSPS) is 11.4. The first-order valence-electron chi connectivity index (χ1n) is 9.00. The zero-order valence-electron chi connectivity index (χ0n) is 15.1. The Morgan fingerprint density at radius 1 is 1.07 bits per heavy atom. The third-order valence-electron chi connectivity index (χ3n) is 4.35. The molecule has 0 radical (unpaired) electrons. The van der Waals surface area contributed by atoms with Gasteiger partial charge in [0.1, 0.15) is 0 Å². The van der Waals surface area contributed by atoms with Gasteiger partial charge in [0.15, 0.2) is 5.58 Å². The molecule has 0 atom stereocenters. The van der Waals surface area contributed by atoms with Crippen molar-refractivity contribution in [1.29, 1.82) is 0 Å². The topological polar surface area (TPSA) is 74.3 Å². The van der Waals surface area contributed by atoms with Crippen molar-refractivity contribution in [2.24, 2.45) is 0 Å². The lowest BCUT2D eigenvalue weighted by Gasteiger charge is -2.03. The number of esters is 1. The lowest BCUT2D eigenvalue weighted by atomic mass is 10.2. The zero-order valence-corrected chi connectivity index (χ0v) is 15.1. The van der Waals surface area contributed by atoms with Gasteiger partial charge in [0, 0.05) is 18.0 Å². The van der Waals surface area contributed by atoms with Crippen LogP contribution in [0, 0.1) is 0 Å². The monoisotopic (exact) mass is 374 g/mol. The van der Waals surface area contributed by atoms with Crippen molar-refractivity contribution in [2.45, 2.75) is 13.0 Å². The van der Waals surface area contributed by atoms with Crippen LogP contribution in [0.3, 0.4) is 0 Å². The van der Waals surface area contributed by atoms with Crippen molar-refractivity contribution in [1.82, 2.24) is 9.55 Å². The van der Waals surface area contributed by atoms with Gasteiger partial charge in [-0.1, -0.05) is 36.4 Å². The highest BCUT2D eigenvalue weighted by molar-refractivity contribution is 5.87. The van der Waals surface area contributed by atoms with Crippen LogP contribution in [-0.2, 0) is 16.1 Å². The molecule has 0 bridgehead atoms. The van der Waals surface area contributed by atoms with Gasteiger partial charge in [0.25, 0.3) is 0 Å². The van der Waals surface area contributed by atoms with Gasteiger partial charge in [0.05, 0.1) is 23.3 Å². The quantitative estimate of drug-likeness (QED) is 0.292. The molecule has 0 saturated heterocycles. The summed E-state index contributed by atoms with van der Waals surface area (Å²) in [7, 11) is 0. The smallest absolute Gasteiger partial charge is 0.419 e. The number of benzene rings is 2. The maximum atomic E-state index is 11.9. The second-order valence-electron chi connectivity index (χ2n) is 6.27. The molecule has 4 rings (SSSR count). The van der Waals surface area contributed by atoms with E-state index in [1.807, 2.05) is 54.6 Å². The number of oxazole rings is 1. The maximum absolute atomic E-state index is 11.9. The van der Waals surface area contributed by atoms with Crippen molar-refractivity contribution in [3.05, 3.63) is 83.0 Å². The summed E-state index contributed by atoms with van der Waals surface area (Å²) in [6, 6.07) is 18.8. The standard InChI is InChI=1S/C22H18N2O4/c25-21(13-12-17-11-10-16-6-1-2-7-18(16)23-17)27-15-5-14-24-19-8-3-4-9-20(19)28-22(24)26/h1-4,6-13H,5,14-15H2/b13-12+. The summed E-state index contributed by atoms with van der Waals surface area (Å²) in [5.41, 5.74) is 2.85. The summed E-state index contributed by atoms with van der Waals surface area (Å²) in [4.78, 5) is 28.3. The number of ether oxygens (including phenoxy) is 1. The van der Waals surface area contributed by atoms with Gasteiger partial charge in [-0.05, 0) is 36.8 Å². The Bertz CT molecular complexity index is 1220. The van der Waals surface area contributed by atoms with Crippen LogP contribution in [-0.4, -0.2) is 22.1 Å². The molecule has 0 spiro atoms. The average molecular weight is 374 g/mol. The van der Waals surface area contributed by atoms with E-state index in [-0.39, 0.29) is 6.61 Å². The third-order valence-corrected chi connectivity index (χ3v) is 4.35. The Hall–Kier alpha value is -3.67. The fraction of sp³-hybridized carbons (Fsp3) is 0.136. The van der Waals surface area contributed by atoms with Gasteiger partial charge in [-0.2, -0.15) is 0 Å². The van der Waals surface area contributed by atoms with Crippen LogP contribution in [0.2, 0.25) is 0 Å². The number of hydrogen-bond donors (Lipinski definition) is 0. The molecule has 28 heavy (non-hydrogen) atoms. The first kappa shape index (κ1) is 17.7. The minimum absolute atomic E-state index is 0.209. The molecule has 0 fully saturated rings. The zero-order chi connectivity index (χ0) is 19.3. The highest BCUT2D eigenvalue weighted by Crippen LogP contribution is 2.13. The van der Waals surface area contributed by atoms with Crippen molar-refractivity contribution in [2.75, 3.05) is 6.61 Å². The molecule has 0 unspecified atom stereocenters. The van der Waals surface area contributed by atoms with E-state index in [1.54, 1.807) is 12.1 Å². The number of pyridine rings is 1. The predicted molar refractivity (Wildman–Crippen MR) is 107 cm³/mol. The average Bonchev–Trinajstić information content (AvgIpc) is 3.04. The van der Waals surface area contributed by atoms with Crippen LogP contribution in [0.5, 0.6) is 0 Å². The SMILES string of the molecule is O=C(/C=C/c1ccc2ccccc2n1)OCCCn1c(=O)oc2ccccc21. The fourth-order valence-corrected chi connectivity index (χ4v) is 3.00. The van der Waals surface area contributed by atoms with Crippen LogP contribution in [0.4, 0.5) is 0 Å². The Morgan fingerprint density at radius 3 is 2.82 bits per heavy atom. The summed E-state index contributed by atoms with van der Waals surface area (Å²) >= 11 is 0. The van der Waals surface area contributed by atoms with E-state index in [0.717, 1.165) is 16.4 Å². The Morgan fingerprint density at radius 2 is 1.89 bits per heavy atom. The molecular weight excluding hydrogens is 356 g/mol. The van der Waals surface area contributed by atoms with Crippen LogP contribution in [0.25, 0.3) is 28.1 Å². The molecule has 2 heterocycles. The van der Waals surface area contributed by atoms with Crippen LogP contribution >= 0.6 is 0 Å². The maximum Gasteiger partial charge on any atom is 0.419 e. The van der Waals surface area contributed by atoms with Gasteiger partial charge in [-0.25, -0.2) is 14.6 Å². The molecule has 4 aromatic rings. The van der Waals surface area contributed by atoms with Crippen LogP contribution in [0.1, 0.15) is 12.1 Å². The number of hydrogen-bond acceptors (Lipinski definition) is 5. The highest BCUT2D eigenvalue weighted by atomic mass is 16.5. The van der Waals surface area contributed by atoms with Gasteiger partial charge < -0.3 is 9.15 Å². The fourth-order valence-electron chi connectivity index (χ4n) is 3.00. The minimum atomic E-state index is -0.445. The lowest BCUT2D eigenvalue weighted by molar-refractivity contribution is -0.137. The van der Waals surface area contributed by atoms with E-state index in [0.29, 0.717) is 24.2 Å². The Labute approximate surface area is 160 Å². The Kier molecular flexibility index (Phi) is 5.01. The number of aryl methyl sites for hydroxylation is 1. The van der Waals surface area contributed by atoms with E-state index < -0.39 is 11.7 Å². The minimum Gasteiger partial charge on any atom is -0.462 e. The van der Waals surface area contributed by atoms with Crippen molar-refractivity contribution < 1.29 is 13.9 Å². The molecule has 0 aliphatic rings. The summed E-state index contributed by atoms with van der Waals surface area (Å²) in [6.45, 7) is 0.624. The predicted octanol–water partition coefficient (Wildman–Crippen LogP) is 3.79. The van der Waals surface area contributed by atoms with E-state index in [4.69, 9.17) is 9.15 Å². The molecule has 6 nitrogen and oxygen atoms in total. The molecule has 2 aromatic heterocycles. The van der Waals surface area contributed by atoms with Gasteiger partial charge in [-0.3, -0.25) is 4.57 Å². The molecule has 0 N–H and O–H groups in total. The number of carbonyl (C=O) groups excluding carboxylic acids is 1. The van der Waals surface area contributed by atoms with E-state index >= 15 is 0 Å². The second kappa shape index (κ2) is 7.92. The van der Waals surface area contributed by atoms with Gasteiger partial charge in [0.2, 0.25) is 0 Å². The number of rotatable bonds is 6. The first-order chi connectivity index (χ1) is 13.7. The molecule has 6 heteroatoms. The van der Waals surface area contributed by atoms with Crippen molar-refractivity contribution in [3.8, 4) is 0 Å². The number of nitrogens with zero attached hydrogens (tertiary/aromatic N) is 2. The summed E-state index contributed by atoms with van der Waals surface area (Å²) in [5, 5.41) is 1.05. The lowest BCUT2D eigenvalue weighted by Crippen LogP contribution is -2.15. The third kappa shape index (κ3) is 3.86. The molecule has 0 aliphatic heterocycles. The van der Waals surface area contributed by atoms with E-state index in [1.165, 1.54) is 10.6 Å². The van der Waals surface area contributed by atoms with Crippen LogP contribution < -0.4 is 5.76 Å². The van der Waals surface area contributed by atoms with Gasteiger partial charge >= 0.3 is 11.7 Å². The van der Waals surface area contributed by atoms with Gasteiger partial charge in [-0.15, -0.1) is 0 Å². The molecule has 0 aliphatic carbocycles. The van der Waals surface area contributed by atoms with Crippen molar-refractivity contribution in [3.63, 3.8) is 0 Å². The molecule has 2 aromatic carbocycles. The molecular formula is C22H18N2O4. The van der Waals surface area contributed by atoms with E-state index in [9.17, 15) is 9.59 Å².